The first kappa shape index (κ1) is 19.3. The van der Waals surface area contributed by atoms with Gasteiger partial charge in [-0.05, 0) is 68.1 Å². The first-order chi connectivity index (χ1) is 12.8. The molecule has 4 aliphatic carbocycles. The molecule has 5 heteroatoms. The van der Waals surface area contributed by atoms with E-state index in [0.717, 1.165) is 30.6 Å². The molecule has 27 heavy (non-hydrogen) atoms. The van der Waals surface area contributed by atoms with E-state index in [0.29, 0.717) is 18.6 Å². The first-order valence-electron chi connectivity index (χ1n) is 10.9. The van der Waals surface area contributed by atoms with Crippen molar-refractivity contribution >= 4 is 5.96 Å². The van der Waals surface area contributed by atoms with Crippen LogP contribution in [0.4, 0.5) is 0 Å². The third-order valence-electron chi connectivity index (χ3n) is 8.79. The summed E-state index contributed by atoms with van der Waals surface area (Å²) >= 11 is 0. The van der Waals surface area contributed by atoms with Crippen LogP contribution in [0.25, 0.3) is 0 Å². The highest BCUT2D eigenvalue weighted by molar-refractivity contribution is 5.75. The van der Waals surface area contributed by atoms with E-state index < -0.39 is 0 Å². The van der Waals surface area contributed by atoms with E-state index in [4.69, 9.17) is 21.3 Å². The summed E-state index contributed by atoms with van der Waals surface area (Å²) < 4.78 is 6.04. The van der Waals surface area contributed by atoms with Crippen LogP contribution in [0.5, 0.6) is 0 Å². The Hall–Kier alpha value is -1.07. The van der Waals surface area contributed by atoms with E-state index in [-0.39, 0.29) is 23.6 Å². The topological polar surface area (TPSA) is 96.5 Å². The number of aliphatic imine (C=N–C) groups is 1. The van der Waals surface area contributed by atoms with Gasteiger partial charge in [-0.3, -0.25) is 4.99 Å². The molecule has 0 bridgehead atoms. The maximum atomic E-state index is 8.57. The van der Waals surface area contributed by atoms with Gasteiger partial charge in [-0.1, -0.05) is 25.5 Å². The maximum absolute atomic E-state index is 8.57. The number of hydrogen-bond acceptors (Lipinski definition) is 2. The van der Waals surface area contributed by atoms with Crippen LogP contribution in [0.1, 0.15) is 65.2 Å². The Balaban J connectivity index is 1.46. The lowest BCUT2D eigenvalue weighted by Gasteiger charge is -2.57. The largest absolute Gasteiger partial charge is 0.443 e. The zero-order valence-corrected chi connectivity index (χ0v) is 17.0. The first-order valence-corrected chi connectivity index (χ1v) is 10.9. The number of guanidine groups is 1. The molecule has 0 heterocycles. The van der Waals surface area contributed by atoms with E-state index in [2.05, 4.69) is 24.9 Å². The van der Waals surface area contributed by atoms with Crippen LogP contribution in [0, 0.1) is 28.6 Å². The molecule has 6 N–H and O–H groups in total. The number of nitrogens with two attached hydrogens (primary N) is 2. The number of rotatable bonds is 4. The van der Waals surface area contributed by atoms with Gasteiger partial charge < -0.3 is 21.3 Å². The zero-order chi connectivity index (χ0) is 19.2. The highest BCUT2D eigenvalue weighted by Gasteiger charge is 2.60. The Labute approximate surface area is 163 Å². The second-order valence-electron chi connectivity index (χ2n) is 9.95. The van der Waals surface area contributed by atoms with E-state index >= 15 is 0 Å². The van der Waals surface area contributed by atoms with Gasteiger partial charge in [0.05, 0.1) is 19.3 Å². The van der Waals surface area contributed by atoms with Crippen LogP contribution in [-0.2, 0) is 4.74 Å². The van der Waals surface area contributed by atoms with Crippen LogP contribution in [0.15, 0.2) is 16.6 Å². The van der Waals surface area contributed by atoms with E-state index in [9.17, 15) is 0 Å². The van der Waals surface area contributed by atoms with Crippen LogP contribution in [0.3, 0.4) is 0 Å². The summed E-state index contributed by atoms with van der Waals surface area (Å²) in [6, 6.07) is 0. The monoisotopic (exact) mass is 376 g/mol. The van der Waals surface area contributed by atoms with Crippen molar-refractivity contribution < 1.29 is 9.84 Å². The number of fused-ring (bicyclic) bond motifs is 5. The van der Waals surface area contributed by atoms with E-state index in [1.165, 1.54) is 38.5 Å². The van der Waals surface area contributed by atoms with Crippen molar-refractivity contribution in [3.05, 3.63) is 11.6 Å². The number of allylic oxidation sites excluding steroid dienone is 1. The number of hydrogen-bond donors (Lipinski definition) is 2. The third kappa shape index (κ3) is 3.21. The van der Waals surface area contributed by atoms with Crippen molar-refractivity contribution in [1.29, 1.82) is 0 Å². The minimum absolute atomic E-state index is 0.137. The molecule has 0 aliphatic heterocycles. The molecule has 4 rings (SSSR count). The molecule has 3 saturated carbocycles. The predicted octanol–water partition coefficient (Wildman–Crippen LogP) is 2.70. The molecule has 0 aromatic carbocycles. The molecule has 0 spiro atoms. The molecule has 3 fully saturated rings. The van der Waals surface area contributed by atoms with Crippen molar-refractivity contribution in [2.75, 3.05) is 13.2 Å². The smallest absolute Gasteiger partial charge is 0.185 e. The fourth-order valence-corrected chi connectivity index (χ4v) is 7.21. The van der Waals surface area contributed by atoms with Gasteiger partial charge in [0.15, 0.2) is 12.1 Å². The Morgan fingerprint density at radius 3 is 2.74 bits per heavy atom. The highest BCUT2D eigenvalue weighted by atomic mass is 16.5. The summed E-state index contributed by atoms with van der Waals surface area (Å²) in [5.41, 5.74) is 13.0. The average Bonchev–Trinajstić information content (AvgIpc) is 2.94. The van der Waals surface area contributed by atoms with Crippen molar-refractivity contribution in [3.63, 3.8) is 0 Å². The normalized spacial score (nSPS) is 46.0. The predicted molar refractivity (Wildman–Crippen MR) is 110 cm³/mol. The van der Waals surface area contributed by atoms with Gasteiger partial charge in [-0.25, -0.2) is 0 Å². The highest BCUT2D eigenvalue weighted by Crippen LogP contribution is 2.65. The van der Waals surface area contributed by atoms with Crippen LogP contribution >= 0.6 is 0 Å². The second-order valence-corrected chi connectivity index (χ2v) is 9.95. The molecule has 3 unspecified atom stereocenters. The lowest BCUT2D eigenvalue weighted by atomic mass is 9.47. The van der Waals surface area contributed by atoms with Gasteiger partial charge in [-0.15, -0.1) is 0 Å². The third-order valence-corrected chi connectivity index (χ3v) is 8.79. The van der Waals surface area contributed by atoms with Gasteiger partial charge in [-0.2, -0.15) is 0 Å². The molecule has 7 atom stereocenters. The average molecular weight is 377 g/mol. The standard InChI is InChI=1S/C22H37N3O2/c1-21-9-7-15(27-12-11-25-20(23)24)13-14(21)3-4-16-17-5-6-19(26)22(17,2)10-8-18(16)21/h13,15-19,26H,3-12H2,1-2H3,(H4,23,24,25)/p+1/t15-,16?,17?,18?,19-,21-,22-/m0/s1. The van der Waals surface area contributed by atoms with Gasteiger partial charge in [0, 0.05) is 11.8 Å². The van der Waals surface area contributed by atoms with Gasteiger partial charge in [0.2, 0.25) is 0 Å². The van der Waals surface area contributed by atoms with Crippen LogP contribution in [-0.4, -0.2) is 36.4 Å². The van der Waals surface area contributed by atoms with Gasteiger partial charge in [0.25, 0.3) is 0 Å². The second kappa shape index (κ2) is 7.07. The van der Waals surface area contributed by atoms with Crippen molar-refractivity contribution in [1.82, 2.24) is 0 Å². The summed E-state index contributed by atoms with van der Waals surface area (Å²) in [6.45, 7) is 6.08. The summed E-state index contributed by atoms with van der Waals surface area (Å²) in [7, 11) is 0. The van der Waals surface area contributed by atoms with Crippen molar-refractivity contribution in [2.24, 2.45) is 45.0 Å². The Bertz CT molecular complexity index is 629. The Morgan fingerprint density at radius 2 is 1.96 bits per heavy atom. The lowest BCUT2D eigenvalue weighted by Crippen LogP contribution is -2.51. The maximum Gasteiger partial charge on any atom is 0.185 e. The summed E-state index contributed by atoms with van der Waals surface area (Å²) in [6.07, 6.45) is 12.7. The van der Waals surface area contributed by atoms with E-state index in [1.807, 2.05) is 0 Å². The van der Waals surface area contributed by atoms with Gasteiger partial charge in [0.1, 0.15) is 0 Å². The molecule has 5 nitrogen and oxygen atoms in total. The fraction of sp³-hybridized carbons (Fsp3) is 0.864. The Morgan fingerprint density at radius 1 is 1.15 bits per heavy atom. The summed E-state index contributed by atoms with van der Waals surface area (Å²) in [5.74, 6) is 2.56. The summed E-state index contributed by atoms with van der Waals surface area (Å²) in [5, 5.41) is 8.57. The lowest BCUT2D eigenvalue weighted by molar-refractivity contribution is -0.0778. The van der Waals surface area contributed by atoms with Crippen LogP contribution < -0.4 is 11.5 Å². The fourth-order valence-electron chi connectivity index (χ4n) is 7.21. The number of nitrogens with zero attached hydrogens (tertiary/aromatic N) is 1. The molecule has 152 valence electrons. The molecule has 0 aromatic heterocycles. The SMILES string of the molecule is C[C@]12CC[C@H](OCCN=C(N)N)C=C1CCC1C2CC[C@@]2(C)C1CC[C@@H]2[OH2+]. The molecule has 0 aromatic rings. The van der Waals surface area contributed by atoms with Crippen LogP contribution in [0.2, 0.25) is 0 Å². The molecule has 0 amide bonds. The Kier molecular flexibility index (Phi) is 5.04. The zero-order valence-electron chi connectivity index (χ0n) is 17.0. The molecular formula is C22H38N3O2+. The quantitative estimate of drug-likeness (QED) is 0.259. The molecule has 4 aliphatic rings. The minimum Gasteiger partial charge on any atom is -0.443 e. The minimum atomic E-state index is 0.137. The van der Waals surface area contributed by atoms with Gasteiger partial charge >= 0.3 is 0 Å². The van der Waals surface area contributed by atoms with E-state index in [1.54, 1.807) is 5.57 Å². The molecule has 0 saturated heterocycles. The van der Waals surface area contributed by atoms with Crippen molar-refractivity contribution in [3.8, 4) is 0 Å². The summed E-state index contributed by atoms with van der Waals surface area (Å²) in [4.78, 5) is 4.01. The number of ether oxygens (including phenoxy) is 1. The molecule has 0 radical (unpaired) electrons. The van der Waals surface area contributed by atoms with Crippen molar-refractivity contribution in [2.45, 2.75) is 77.4 Å². The molecular weight excluding hydrogens is 338 g/mol.